The molecule has 0 radical (unpaired) electrons. The Morgan fingerprint density at radius 2 is 2.03 bits per heavy atom. The number of aryl methyl sites for hydroxylation is 1. The third-order valence-corrected chi connectivity index (χ3v) is 9.37. The van der Waals surface area contributed by atoms with Gasteiger partial charge in [-0.1, -0.05) is 34.7 Å². The quantitative estimate of drug-likeness (QED) is 0.373. The van der Waals surface area contributed by atoms with Crippen LogP contribution in [-0.4, -0.2) is 70.7 Å². The van der Waals surface area contributed by atoms with Crippen LogP contribution in [0.2, 0.25) is 5.02 Å². The summed E-state index contributed by atoms with van der Waals surface area (Å²) in [5.41, 5.74) is -0.959. The van der Waals surface area contributed by atoms with Crippen molar-refractivity contribution in [1.29, 1.82) is 0 Å². The van der Waals surface area contributed by atoms with Crippen molar-refractivity contribution in [1.82, 2.24) is 30.2 Å². The Balaban J connectivity index is 1.47. The van der Waals surface area contributed by atoms with E-state index in [4.69, 9.17) is 11.6 Å². The molecule has 0 spiro atoms. The second kappa shape index (κ2) is 9.87. The fourth-order valence-corrected chi connectivity index (χ4v) is 7.25. The Bertz CT molecular complexity index is 1280. The van der Waals surface area contributed by atoms with Crippen molar-refractivity contribution in [2.24, 2.45) is 0 Å². The van der Waals surface area contributed by atoms with Gasteiger partial charge >= 0.3 is 12.1 Å². The summed E-state index contributed by atoms with van der Waals surface area (Å²) in [7, 11) is 0. The lowest BCUT2D eigenvalue weighted by Gasteiger charge is -2.49. The number of hydrogen-bond donors (Lipinski definition) is 2. The Kier molecular flexibility index (Phi) is 7.34. The van der Waals surface area contributed by atoms with Gasteiger partial charge in [-0.25, -0.2) is 4.79 Å². The minimum atomic E-state index is -4.79. The second-order valence-electron chi connectivity index (χ2n) is 7.90. The first-order valence-corrected chi connectivity index (χ1v) is 13.5. The first-order chi connectivity index (χ1) is 16.8. The molecule has 3 atom stereocenters. The molecule has 0 unspecified atom stereocenters. The van der Waals surface area contributed by atoms with Gasteiger partial charge in [-0.15, -0.1) is 22.0 Å². The highest BCUT2D eigenvalue weighted by Crippen LogP contribution is 2.42. The van der Waals surface area contributed by atoms with Crippen LogP contribution in [0.5, 0.6) is 0 Å². The zero-order valence-electron chi connectivity index (χ0n) is 18.8. The summed E-state index contributed by atoms with van der Waals surface area (Å²) in [6.07, 6.45) is -4.79. The van der Waals surface area contributed by atoms with E-state index in [-0.39, 0.29) is 11.4 Å². The number of nitrogens with zero attached hydrogens (tertiary/aromatic N) is 5. The highest BCUT2D eigenvalue weighted by molar-refractivity contribution is 8.01. The highest BCUT2D eigenvalue weighted by atomic mass is 35.5. The summed E-state index contributed by atoms with van der Waals surface area (Å²) in [6, 6.07) is -2.24. The molecular formula is C19H18ClF3N6O4S3. The number of carboxylic acids is 1. The summed E-state index contributed by atoms with van der Waals surface area (Å²) in [5, 5.41) is 23.2. The predicted octanol–water partition coefficient (Wildman–Crippen LogP) is 3.12. The Labute approximate surface area is 219 Å². The molecule has 0 saturated carbocycles. The van der Waals surface area contributed by atoms with Crippen molar-refractivity contribution in [2.75, 3.05) is 11.5 Å². The summed E-state index contributed by atoms with van der Waals surface area (Å²) in [6.45, 7) is 4.43. The maximum Gasteiger partial charge on any atom is 0.436 e. The average molecular weight is 583 g/mol. The number of carbonyl (C=O) groups is 3. The van der Waals surface area contributed by atoms with E-state index in [1.165, 1.54) is 48.7 Å². The molecule has 4 rings (SSSR count). The van der Waals surface area contributed by atoms with E-state index >= 15 is 0 Å². The molecule has 10 nitrogen and oxygen atoms in total. The molecule has 17 heteroatoms. The van der Waals surface area contributed by atoms with Crippen LogP contribution < -0.4 is 5.32 Å². The molecule has 2 amide bonds. The number of amides is 2. The smallest absolute Gasteiger partial charge is 0.436 e. The van der Waals surface area contributed by atoms with Crippen LogP contribution in [0.1, 0.15) is 29.4 Å². The van der Waals surface area contributed by atoms with Gasteiger partial charge in [0.2, 0.25) is 5.91 Å². The molecule has 0 bridgehead atoms. The fraction of sp³-hybridized carbons (Fsp3) is 0.474. The molecule has 1 saturated heterocycles. The molecule has 0 aromatic carbocycles. The summed E-state index contributed by atoms with van der Waals surface area (Å²) in [4.78, 5) is 38.8. The molecule has 2 aromatic heterocycles. The van der Waals surface area contributed by atoms with Crippen LogP contribution >= 0.6 is 46.5 Å². The van der Waals surface area contributed by atoms with E-state index in [0.29, 0.717) is 21.4 Å². The monoisotopic (exact) mass is 582 g/mol. The molecule has 0 aliphatic carbocycles. The number of nitrogens with one attached hydrogen (secondary N) is 1. The van der Waals surface area contributed by atoms with Crippen LogP contribution in [0.3, 0.4) is 0 Å². The van der Waals surface area contributed by atoms with Gasteiger partial charge < -0.3 is 10.4 Å². The maximum atomic E-state index is 13.1. The molecule has 2 N–H and O–H groups in total. The van der Waals surface area contributed by atoms with Gasteiger partial charge in [0.15, 0.2) is 10.0 Å². The molecule has 2 aromatic rings. The van der Waals surface area contributed by atoms with Crippen LogP contribution in [0, 0.1) is 13.8 Å². The Morgan fingerprint density at radius 1 is 1.33 bits per heavy atom. The molecule has 194 valence electrons. The van der Waals surface area contributed by atoms with Crippen molar-refractivity contribution in [3.8, 4) is 0 Å². The zero-order valence-corrected chi connectivity index (χ0v) is 22.0. The third kappa shape index (κ3) is 4.82. The van der Waals surface area contributed by atoms with Gasteiger partial charge in [-0.2, -0.15) is 18.3 Å². The normalized spacial score (nSPS) is 20.8. The van der Waals surface area contributed by atoms with Gasteiger partial charge in [-0.3, -0.25) is 19.2 Å². The minimum absolute atomic E-state index is 0.0518. The number of carboxylic acid groups (broad SMARTS) is 1. The van der Waals surface area contributed by atoms with Crippen LogP contribution in [0.25, 0.3) is 0 Å². The lowest BCUT2D eigenvalue weighted by molar-refractivity contribution is -0.151. The first-order valence-electron chi connectivity index (χ1n) is 10.3. The standard InChI is InChI=1S/C19H18ClF3N6O4S3/c1-6-10(20)13(19(21,22)23)27-29(6)7(2)14(30)24-11-15(31)28-12(17(32)33)9(4-34-16(11)28)5-35-18-26-25-8(3)36-18/h7,11,16H,4-5H2,1-3H3,(H,24,30)(H,32,33)/t7-,11-,16-/m1/s1. The topological polar surface area (TPSA) is 130 Å². The van der Waals surface area contributed by atoms with E-state index in [2.05, 4.69) is 20.6 Å². The predicted molar refractivity (Wildman–Crippen MR) is 127 cm³/mol. The molecule has 1 fully saturated rings. The average Bonchev–Trinajstić information content (AvgIpc) is 3.36. The number of alkyl halides is 3. The number of aliphatic carboxylic acids is 1. The van der Waals surface area contributed by atoms with Gasteiger partial charge in [0.1, 0.15) is 28.2 Å². The number of hydrogen-bond acceptors (Lipinski definition) is 9. The van der Waals surface area contributed by atoms with Gasteiger partial charge in [0.25, 0.3) is 5.91 Å². The number of β-lactam (4-membered cyclic amide) rings is 1. The second-order valence-corrected chi connectivity index (χ2v) is 11.8. The van der Waals surface area contributed by atoms with Gasteiger partial charge in [0.05, 0.1) is 10.7 Å². The van der Waals surface area contributed by atoms with Crippen molar-refractivity contribution in [3.63, 3.8) is 0 Å². The Hall–Kier alpha value is -2.30. The SMILES string of the molecule is Cc1nnc(SCC2=C(C(=O)O)N3C(=O)[C@@H](NC(=O)[C@@H](C)n4nc(C(F)(F)F)c(Cl)c4C)[C@H]3SC2)s1. The first kappa shape index (κ1) is 26.8. The summed E-state index contributed by atoms with van der Waals surface area (Å²) < 4.78 is 40.9. The molecule has 2 aliphatic heterocycles. The number of fused-ring (bicyclic) bond motifs is 1. The fourth-order valence-electron chi connectivity index (χ4n) is 3.72. The van der Waals surface area contributed by atoms with Crippen molar-refractivity contribution in [3.05, 3.63) is 32.7 Å². The minimum Gasteiger partial charge on any atom is -0.477 e. The molecule has 2 aliphatic rings. The van der Waals surface area contributed by atoms with Crippen LogP contribution in [-0.2, 0) is 20.6 Å². The summed E-state index contributed by atoms with van der Waals surface area (Å²) >= 11 is 9.74. The Morgan fingerprint density at radius 3 is 2.58 bits per heavy atom. The number of halogens is 4. The van der Waals surface area contributed by atoms with Gasteiger partial charge in [0, 0.05) is 11.5 Å². The highest BCUT2D eigenvalue weighted by Gasteiger charge is 2.54. The lowest BCUT2D eigenvalue weighted by atomic mass is 10.0. The maximum absolute atomic E-state index is 13.1. The van der Waals surface area contributed by atoms with Crippen molar-refractivity contribution < 1.29 is 32.7 Å². The number of thioether (sulfide) groups is 2. The zero-order chi connectivity index (χ0) is 26.5. The van der Waals surface area contributed by atoms with E-state index in [1.54, 1.807) is 6.92 Å². The number of aromatic nitrogens is 4. The molecular weight excluding hydrogens is 565 g/mol. The van der Waals surface area contributed by atoms with E-state index in [0.717, 1.165) is 14.6 Å². The van der Waals surface area contributed by atoms with Crippen molar-refractivity contribution >= 4 is 64.2 Å². The number of carbonyl (C=O) groups excluding carboxylic acids is 2. The number of rotatable bonds is 7. The summed E-state index contributed by atoms with van der Waals surface area (Å²) in [5.74, 6) is -2.03. The van der Waals surface area contributed by atoms with E-state index < -0.39 is 52.1 Å². The lowest BCUT2D eigenvalue weighted by Crippen LogP contribution is -2.71. The van der Waals surface area contributed by atoms with Crippen LogP contribution in [0.15, 0.2) is 15.6 Å². The van der Waals surface area contributed by atoms with Gasteiger partial charge in [-0.05, 0) is 26.3 Å². The molecule has 4 heterocycles. The largest absolute Gasteiger partial charge is 0.477 e. The third-order valence-electron chi connectivity index (χ3n) is 5.52. The van der Waals surface area contributed by atoms with Crippen molar-refractivity contribution in [2.45, 2.75) is 48.7 Å². The van der Waals surface area contributed by atoms with Crippen LogP contribution in [0.4, 0.5) is 13.2 Å². The van der Waals surface area contributed by atoms with E-state index in [9.17, 15) is 32.7 Å². The van der Waals surface area contributed by atoms with E-state index in [1.807, 2.05) is 0 Å². The molecule has 36 heavy (non-hydrogen) atoms.